The van der Waals surface area contributed by atoms with E-state index in [2.05, 4.69) is 41.2 Å². The minimum Gasteiger partial charge on any atom is -0.484 e. The summed E-state index contributed by atoms with van der Waals surface area (Å²) in [5, 5.41) is 3.01. The smallest absolute Gasteiger partial charge is 0.258 e. The van der Waals surface area contributed by atoms with Gasteiger partial charge in [-0.2, -0.15) is 0 Å². The third-order valence-electron chi connectivity index (χ3n) is 4.98. The van der Waals surface area contributed by atoms with Gasteiger partial charge in [0.2, 0.25) is 5.88 Å². The Bertz CT molecular complexity index is 914. The van der Waals surface area contributed by atoms with E-state index in [-0.39, 0.29) is 18.6 Å². The van der Waals surface area contributed by atoms with E-state index < -0.39 is 0 Å². The number of benzene rings is 2. The Hall–Kier alpha value is -3.38. The maximum absolute atomic E-state index is 12.4. The second-order valence-electron chi connectivity index (χ2n) is 6.98. The van der Waals surface area contributed by atoms with Crippen LogP contribution in [-0.4, -0.2) is 42.0 Å². The molecule has 6 nitrogen and oxygen atoms in total. The molecule has 3 aromatic rings. The number of carbonyl (C=O) groups excluding carboxylic acids is 1. The van der Waals surface area contributed by atoms with Gasteiger partial charge in [-0.25, -0.2) is 4.98 Å². The quantitative estimate of drug-likeness (QED) is 0.497. The monoisotopic (exact) mass is 419 g/mol. The molecule has 0 bridgehead atoms. The number of hydrogen-bond acceptors (Lipinski definition) is 5. The van der Waals surface area contributed by atoms with Crippen LogP contribution in [0.5, 0.6) is 17.4 Å². The van der Waals surface area contributed by atoms with Crippen molar-refractivity contribution in [3.63, 3.8) is 0 Å². The Balaban J connectivity index is 1.49. The van der Waals surface area contributed by atoms with Crippen molar-refractivity contribution in [1.29, 1.82) is 0 Å². The van der Waals surface area contributed by atoms with E-state index in [1.807, 2.05) is 30.3 Å². The summed E-state index contributed by atoms with van der Waals surface area (Å²) in [5.41, 5.74) is 1.19. The van der Waals surface area contributed by atoms with Gasteiger partial charge in [0.15, 0.2) is 6.61 Å². The fraction of sp³-hybridized carbons (Fsp3) is 0.280. The summed E-state index contributed by atoms with van der Waals surface area (Å²) in [5.74, 6) is 1.63. The molecule has 31 heavy (non-hydrogen) atoms. The van der Waals surface area contributed by atoms with Crippen LogP contribution in [0, 0.1) is 0 Å². The Morgan fingerprint density at radius 1 is 0.935 bits per heavy atom. The predicted octanol–water partition coefficient (Wildman–Crippen LogP) is 4.45. The standard InChI is InChI=1S/C25H29N3O3/c1-3-28(4-2)23(20-10-6-5-7-11-20)18-27-24(29)19-30-21-13-15-22(16-14-21)31-25-12-8-9-17-26-25/h5-17,23H,3-4,18-19H2,1-2H3,(H,27,29). The Morgan fingerprint density at radius 3 is 2.26 bits per heavy atom. The van der Waals surface area contributed by atoms with Crippen LogP contribution in [0.1, 0.15) is 25.5 Å². The molecule has 6 heteroatoms. The molecule has 0 spiro atoms. The summed E-state index contributed by atoms with van der Waals surface area (Å²) in [6.45, 7) is 6.58. The van der Waals surface area contributed by atoms with Gasteiger partial charge in [0, 0.05) is 18.8 Å². The molecule has 1 aromatic heterocycles. The maximum Gasteiger partial charge on any atom is 0.258 e. The zero-order valence-electron chi connectivity index (χ0n) is 18.0. The first-order valence-electron chi connectivity index (χ1n) is 10.6. The number of likely N-dealkylation sites (N-methyl/N-ethyl adjacent to an activating group) is 1. The van der Waals surface area contributed by atoms with Crippen molar-refractivity contribution in [3.8, 4) is 17.4 Å². The lowest BCUT2D eigenvalue weighted by Crippen LogP contribution is -2.39. The van der Waals surface area contributed by atoms with Crippen molar-refractivity contribution in [2.24, 2.45) is 0 Å². The van der Waals surface area contributed by atoms with Gasteiger partial charge in [0.1, 0.15) is 11.5 Å². The fourth-order valence-electron chi connectivity index (χ4n) is 3.34. The molecular formula is C25H29N3O3. The van der Waals surface area contributed by atoms with Gasteiger partial charge in [-0.1, -0.05) is 50.2 Å². The lowest BCUT2D eigenvalue weighted by molar-refractivity contribution is -0.123. The summed E-state index contributed by atoms with van der Waals surface area (Å²) in [4.78, 5) is 18.8. The first-order chi connectivity index (χ1) is 15.2. The van der Waals surface area contributed by atoms with Crippen molar-refractivity contribution >= 4 is 5.91 Å². The normalized spacial score (nSPS) is 11.7. The number of nitrogens with one attached hydrogen (secondary N) is 1. The van der Waals surface area contributed by atoms with E-state index in [4.69, 9.17) is 9.47 Å². The molecule has 0 aliphatic heterocycles. The number of aromatic nitrogens is 1. The summed E-state index contributed by atoms with van der Waals surface area (Å²) in [6, 6.07) is 23.0. The van der Waals surface area contributed by atoms with Crippen molar-refractivity contribution in [2.75, 3.05) is 26.2 Å². The number of amides is 1. The van der Waals surface area contributed by atoms with Crippen LogP contribution < -0.4 is 14.8 Å². The first kappa shape index (κ1) is 22.3. The topological polar surface area (TPSA) is 63.7 Å². The largest absolute Gasteiger partial charge is 0.484 e. The van der Waals surface area contributed by atoms with Crippen molar-refractivity contribution in [1.82, 2.24) is 15.2 Å². The van der Waals surface area contributed by atoms with Crippen LogP contribution in [0.25, 0.3) is 0 Å². The highest BCUT2D eigenvalue weighted by Gasteiger charge is 2.18. The zero-order valence-corrected chi connectivity index (χ0v) is 18.0. The number of carbonyl (C=O) groups is 1. The third kappa shape index (κ3) is 6.83. The molecule has 0 saturated carbocycles. The predicted molar refractivity (Wildman–Crippen MR) is 121 cm³/mol. The van der Waals surface area contributed by atoms with Crippen LogP contribution in [0.2, 0.25) is 0 Å². The lowest BCUT2D eigenvalue weighted by atomic mass is 10.1. The highest BCUT2D eigenvalue weighted by molar-refractivity contribution is 5.77. The van der Waals surface area contributed by atoms with Gasteiger partial charge >= 0.3 is 0 Å². The number of hydrogen-bond donors (Lipinski definition) is 1. The lowest BCUT2D eigenvalue weighted by Gasteiger charge is -2.30. The summed E-state index contributed by atoms with van der Waals surface area (Å²) in [7, 11) is 0. The van der Waals surface area contributed by atoms with Gasteiger partial charge in [-0.05, 0) is 49.0 Å². The van der Waals surface area contributed by atoms with Gasteiger partial charge in [0.25, 0.3) is 5.91 Å². The second-order valence-corrected chi connectivity index (χ2v) is 6.98. The second kappa shape index (κ2) is 11.7. The van der Waals surface area contributed by atoms with Crippen LogP contribution in [-0.2, 0) is 4.79 Å². The van der Waals surface area contributed by atoms with E-state index in [0.717, 1.165) is 13.1 Å². The Morgan fingerprint density at radius 2 is 1.61 bits per heavy atom. The molecule has 1 heterocycles. The van der Waals surface area contributed by atoms with Gasteiger partial charge in [-0.15, -0.1) is 0 Å². The van der Waals surface area contributed by atoms with Crippen LogP contribution in [0.4, 0.5) is 0 Å². The molecule has 3 rings (SSSR count). The molecule has 1 unspecified atom stereocenters. The Kier molecular flexibility index (Phi) is 8.43. The fourth-order valence-corrected chi connectivity index (χ4v) is 3.34. The molecule has 2 aromatic carbocycles. The highest BCUT2D eigenvalue weighted by atomic mass is 16.5. The molecule has 1 atom stereocenters. The minimum atomic E-state index is -0.151. The number of rotatable bonds is 11. The summed E-state index contributed by atoms with van der Waals surface area (Å²) in [6.07, 6.45) is 1.67. The SMILES string of the molecule is CCN(CC)C(CNC(=O)COc1ccc(Oc2ccccn2)cc1)c1ccccc1. The van der Waals surface area contributed by atoms with Gasteiger partial charge < -0.3 is 14.8 Å². The van der Waals surface area contributed by atoms with Crippen molar-refractivity contribution < 1.29 is 14.3 Å². The third-order valence-corrected chi connectivity index (χ3v) is 4.98. The van der Waals surface area contributed by atoms with Crippen molar-refractivity contribution in [3.05, 3.63) is 84.6 Å². The van der Waals surface area contributed by atoms with Crippen LogP contribution in [0.15, 0.2) is 79.0 Å². The molecule has 0 aliphatic rings. The molecule has 1 amide bonds. The number of pyridine rings is 1. The summed E-state index contributed by atoms with van der Waals surface area (Å²) >= 11 is 0. The molecule has 0 fully saturated rings. The van der Waals surface area contributed by atoms with Crippen LogP contribution in [0.3, 0.4) is 0 Å². The zero-order chi connectivity index (χ0) is 21.9. The molecule has 0 radical (unpaired) electrons. The van der Waals surface area contributed by atoms with E-state index >= 15 is 0 Å². The summed E-state index contributed by atoms with van der Waals surface area (Å²) < 4.78 is 11.3. The van der Waals surface area contributed by atoms with E-state index in [9.17, 15) is 4.79 Å². The molecular weight excluding hydrogens is 390 g/mol. The van der Waals surface area contributed by atoms with Gasteiger partial charge in [0.05, 0.1) is 6.04 Å². The average Bonchev–Trinajstić information content (AvgIpc) is 2.82. The number of ether oxygens (including phenoxy) is 2. The highest BCUT2D eigenvalue weighted by Crippen LogP contribution is 2.22. The van der Waals surface area contributed by atoms with E-state index in [0.29, 0.717) is 23.9 Å². The Labute approximate surface area is 183 Å². The molecule has 1 N–H and O–H groups in total. The molecule has 0 aliphatic carbocycles. The van der Waals surface area contributed by atoms with E-state index in [1.54, 1.807) is 36.5 Å². The average molecular weight is 420 g/mol. The molecule has 162 valence electrons. The maximum atomic E-state index is 12.4. The van der Waals surface area contributed by atoms with Gasteiger partial charge in [-0.3, -0.25) is 9.69 Å². The van der Waals surface area contributed by atoms with Crippen LogP contribution >= 0.6 is 0 Å². The minimum absolute atomic E-state index is 0.0415. The number of nitrogens with zero attached hydrogens (tertiary/aromatic N) is 2. The molecule has 0 saturated heterocycles. The first-order valence-corrected chi connectivity index (χ1v) is 10.6. The van der Waals surface area contributed by atoms with Crippen molar-refractivity contribution in [2.45, 2.75) is 19.9 Å². The van der Waals surface area contributed by atoms with E-state index in [1.165, 1.54) is 5.56 Å².